The Bertz CT molecular complexity index is 221. The first-order valence-electron chi connectivity index (χ1n) is 7.57. The van der Waals surface area contributed by atoms with Crippen LogP contribution < -0.4 is 5.32 Å². The highest BCUT2D eigenvalue weighted by molar-refractivity contribution is 4.75. The molecule has 2 aliphatic heterocycles. The Morgan fingerprint density at radius 3 is 2.44 bits per heavy atom. The zero-order valence-electron chi connectivity index (χ0n) is 11.8. The Morgan fingerprint density at radius 2 is 1.72 bits per heavy atom. The summed E-state index contributed by atoms with van der Waals surface area (Å²) in [4.78, 5) is 4.83. The Balaban J connectivity index is 1.66. The lowest BCUT2D eigenvalue weighted by Gasteiger charge is -2.33. The molecule has 2 aliphatic rings. The minimum atomic E-state index is -0.184. The van der Waals surface area contributed by atoms with Crippen molar-refractivity contribution in [3.05, 3.63) is 0 Å². The van der Waals surface area contributed by atoms with Crippen molar-refractivity contribution in [1.29, 1.82) is 0 Å². The first-order chi connectivity index (χ1) is 8.74. The molecule has 0 aromatic heterocycles. The predicted octanol–water partition coefficient (Wildman–Crippen LogP) is 0.375. The average Bonchev–Trinajstić information content (AvgIpc) is 2.61. The summed E-state index contributed by atoms with van der Waals surface area (Å²) in [7, 11) is 0. The van der Waals surface area contributed by atoms with Crippen LogP contribution in [0.1, 0.15) is 26.2 Å². The SMILES string of the molecule is CC1CCN(CC(O)CN2CCCNCC2)CC1. The standard InChI is InChI=1S/C14H29N3O/c1-13-3-8-17(9-4-13)12-14(18)11-16-7-2-5-15-6-10-16/h13-15,18H,2-12H2,1H3. The fraction of sp³-hybridized carbons (Fsp3) is 1.00. The lowest BCUT2D eigenvalue weighted by atomic mass is 9.99. The van der Waals surface area contributed by atoms with Gasteiger partial charge in [0, 0.05) is 26.2 Å². The van der Waals surface area contributed by atoms with Gasteiger partial charge in [0.15, 0.2) is 0 Å². The van der Waals surface area contributed by atoms with Crippen LogP contribution in [0.5, 0.6) is 0 Å². The fourth-order valence-electron chi connectivity index (χ4n) is 2.98. The third-order valence-electron chi connectivity index (χ3n) is 4.25. The molecule has 2 saturated heterocycles. The van der Waals surface area contributed by atoms with Crippen molar-refractivity contribution >= 4 is 0 Å². The Morgan fingerprint density at radius 1 is 1.06 bits per heavy atom. The maximum atomic E-state index is 10.2. The molecule has 1 unspecified atom stereocenters. The van der Waals surface area contributed by atoms with Gasteiger partial charge < -0.3 is 15.3 Å². The van der Waals surface area contributed by atoms with Crippen LogP contribution in [0.4, 0.5) is 0 Å². The highest BCUT2D eigenvalue weighted by Crippen LogP contribution is 2.16. The van der Waals surface area contributed by atoms with Crippen LogP contribution in [0.25, 0.3) is 0 Å². The fourth-order valence-corrected chi connectivity index (χ4v) is 2.98. The number of piperidine rings is 1. The van der Waals surface area contributed by atoms with E-state index in [2.05, 4.69) is 22.0 Å². The van der Waals surface area contributed by atoms with Crippen molar-refractivity contribution in [2.75, 3.05) is 52.4 Å². The first kappa shape index (κ1) is 14.3. The molecule has 4 nitrogen and oxygen atoms in total. The molecule has 2 fully saturated rings. The lowest BCUT2D eigenvalue weighted by Crippen LogP contribution is -2.43. The molecule has 0 bridgehead atoms. The van der Waals surface area contributed by atoms with Crippen LogP contribution in [0.3, 0.4) is 0 Å². The van der Waals surface area contributed by atoms with E-state index in [9.17, 15) is 5.11 Å². The van der Waals surface area contributed by atoms with Crippen molar-refractivity contribution in [2.24, 2.45) is 5.92 Å². The number of aliphatic hydroxyl groups is 1. The normalized spacial score (nSPS) is 27.0. The van der Waals surface area contributed by atoms with Crippen LogP contribution in [0, 0.1) is 5.92 Å². The Labute approximate surface area is 111 Å². The number of aliphatic hydroxyl groups excluding tert-OH is 1. The molecule has 1 atom stereocenters. The minimum Gasteiger partial charge on any atom is -0.390 e. The van der Waals surface area contributed by atoms with Gasteiger partial charge in [-0.1, -0.05) is 6.92 Å². The lowest BCUT2D eigenvalue weighted by molar-refractivity contribution is 0.0630. The van der Waals surface area contributed by atoms with Crippen molar-refractivity contribution in [3.63, 3.8) is 0 Å². The van der Waals surface area contributed by atoms with E-state index in [0.29, 0.717) is 0 Å². The number of hydrogen-bond donors (Lipinski definition) is 2. The average molecular weight is 255 g/mol. The van der Waals surface area contributed by atoms with Gasteiger partial charge in [-0.2, -0.15) is 0 Å². The quantitative estimate of drug-likeness (QED) is 0.761. The van der Waals surface area contributed by atoms with Crippen molar-refractivity contribution in [2.45, 2.75) is 32.3 Å². The zero-order valence-corrected chi connectivity index (χ0v) is 11.8. The van der Waals surface area contributed by atoms with Crippen LogP contribution in [0.15, 0.2) is 0 Å². The summed E-state index contributed by atoms with van der Waals surface area (Å²) in [5, 5.41) is 13.6. The molecule has 2 rings (SSSR count). The van der Waals surface area contributed by atoms with Crippen LogP contribution in [-0.4, -0.2) is 73.4 Å². The number of β-amino-alcohol motifs (C(OH)–C–C–N with tert-alkyl or cyclic N) is 1. The van der Waals surface area contributed by atoms with E-state index in [-0.39, 0.29) is 6.10 Å². The highest BCUT2D eigenvalue weighted by Gasteiger charge is 2.20. The number of hydrogen-bond acceptors (Lipinski definition) is 4. The van der Waals surface area contributed by atoms with E-state index in [1.807, 2.05) is 0 Å². The molecule has 0 saturated carbocycles. The van der Waals surface area contributed by atoms with E-state index in [4.69, 9.17) is 0 Å². The van der Waals surface area contributed by atoms with E-state index in [1.165, 1.54) is 32.4 Å². The van der Waals surface area contributed by atoms with Crippen LogP contribution >= 0.6 is 0 Å². The summed E-state index contributed by atoms with van der Waals surface area (Å²) in [6, 6.07) is 0. The summed E-state index contributed by atoms with van der Waals surface area (Å²) in [6.45, 7) is 10.8. The Hall–Kier alpha value is -0.160. The number of likely N-dealkylation sites (tertiary alicyclic amines) is 1. The second-order valence-corrected chi connectivity index (χ2v) is 6.04. The zero-order chi connectivity index (χ0) is 12.8. The highest BCUT2D eigenvalue weighted by atomic mass is 16.3. The molecule has 4 heteroatoms. The largest absolute Gasteiger partial charge is 0.390 e. The van der Waals surface area contributed by atoms with E-state index < -0.39 is 0 Å². The van der Waals surface area contributed by atoms with E-state index >= 15 is 0 Å². The van der Waals surface area contributed by atoms with Gasteiger partial charge in [-0.15, -0.1) is 0 Å². The molecule has 2 heterocycles. The smallest absolute Gasteiger partial charge is 0.0793 e. The maximum absolute atomic E-state index is 10.2. The van der Waals surface area contributed by atoms with Crippen molar-refractivity contribution < 1.29 is 5.11 Å². The molecule has 2 N–H and O–H groups in total. The summed E-state index contributed by atoms with van der Waals surface area (Å²) in [6.07, 6.45) is 3.60. The molecular formula is C14H29N3O. The molecule has 18 heavy (non-hydrogen) atoms. The molecule has 0 amide bonds. The monoisotopic (exact) mass is 255 g/mol. The maximum Gasteiger partial charge on any atom is 0.0793 e. The molecule has 106 valence electrons. The first-order valence-corrected chi connectivity index (χ1v) is 7.57. The molecular weight excluding hydrogens is 226 g/mol. The van der Waals surface area contributed by atoms with Gasteiger partial charge in [0.25, 0.3) is 0 Å². The van der Waals surface area contributed by atoms with Crippen molar-refractivity contribution in [1.82, 2.24) is 15.1 Å². The minimum absolute atomic E-state index is 0.184. The number of nitrogens with zero attached hydrogens (tertiary/aromatic N) is 2. The Kier molecular flexibility index (Phi) is 5.89. The number of rotatable bonds is 4. The molecule has 0 aromatic rings. The van der Waals surface area contributed by atoms with E-state index in [1.54, 1.807) is 0 Å². The van der Waals surface area contributed by atoms with Crippen LogP contribution in [0.2, 0.25) is 0 Å². The van der Waals surface area contributed by atoms with E-state index in [0.717, 1.165) is 45.2 Å². The topological polar surface area (TPSA) is 38.7 Å². The summed E-state index contributed by atoms with van der Waals surface area (Å²) in [5.41, 5.74) is 0. The summed E-state index contributed by atoms with van der Waals surface area (Å²) < 4.78 is 0. The summed E-state index contributed by atoms with van der Waals surface area (Å²) >= 11 is 0. The second-order valence-electron chi connectivity index (χ2n) is 6.04. The van der Waals surface area contributed by atoms with Gasteiger partial charge in [-0.25, -0.2) is 0 Å². The van der Waals surface area contributed by atoms with Gasteiger partial charge in [0.05, 0.1) is 6.10 Å². The predicted molar refractivity (Wildman–Crippen MR) is 74.8 cm³/mol. The van der Waals surface area contributed by atoms with Gasteiger partial charge in [-0.05, 0) is 51.4 Å². The third-order valence-corrected chi connectivity index (χ3v) is 4.25. The van der Waals surface area contributed by atoms with Gasteiger partial charge in [0.2, 0.25) is 0 Å². The van der Waals surface area contributed by atoms with Gasteiger partial charge in [0.1, 0.15) is 0 Å². The van der Waals surface area contributed by atoms with Gasteiger partial charge >= 0.3 is 0 Å². The van der Waals surface area contributed by atoms with Crippen LogP contribution in [-0.2, 0) is 0 Å². The molecule has 0 spiro atoms. The molecule has 0 aliphatic carbocycles. The molecule has 0 radical (unpaired) electrons. The molecule has 0 aromatic carbocycles. The van der Waals surface area contributed by atoms with Crippen molar-refractivity contribution in [3.8, 4) is 0 Å². The summed E-state index contributed by atoms with van der Waals surface area (Å²) in [5.74, 6) is 0.870. The second kappa shape index (κ2) is 7.43. The number of nitrogens with one attached hydrogen (secondary N) is 1. The van der Waals surface area contributed by atoms with Gasteiger partial charge in [-0.3, -0.25) is 4.90 Å². The third kappa shape index (κ3) is 4.84.